The second-order valence-corrected chi connectivity index (χ2v) is 8.54. The van der Waals surface area contributed by atoms with Crippen molar-refractivity contribution in [2.45, 2.75) is 39.2 Å². The van der Waals surface area contributed by atoms with Crippen molar-refractivity contribution in [3.8, 4) is 0 Å². The monoisotopic (exact) mass is 447 g/mol. The number of hydrogen-bond acceptors (Lipinski definition) is 3. The van der Waals surface area contributed by atoms with Gasteiger partial charge in [0.15, 0.2) is 0 Å². The summed E-state index contributed by atoms with van der Waals surface area (Å²) in [7, 11) is 0. The molecule has 1 aliphatic heterocycles. The molecule has 1 fully saturated rings. The summed E-state index contributed by atoms with van der Waals surface area (Å²) in [5, 5.41) is 6.50. The van der Waals surface area contributed by atoms with Gasteiger partial charge in [-0.3, -0.25) is 9.59 Å². The Bertz CT molecular complexity index is 913. The van der Waals surface area contributed by atoms with E-state index in [0.29, 0.717) is 15.7 Å². The fourth-order valence-electron chi connectivity index (χ4n) is 3.57. The van der Waals surface area contributed by atoms with Crippen molar-refractivity contribution in [2.75, 3.05) is 23.3 Å². The van der Waals surface area contributed by atoms with Crippen LogP contribution in [0.25, 0.3) is 0 Å². The Kier molecular flexibility index (Phi) is 7.62. The van der Waals surface area contributed by atoms with Crippen LogP contribution in [0.2, 0.25) is 10.0 Å². The maximum atomic E-state index is 13.1. The number of amides is 2. The Morgan fingerprint density at radius 1 is 1.10 bits per heavy atom. The highest BCUT2D eigenvalue weighted by atomic mass is 35.5. The van der Waals surface area contributed by atoms with Gasteiger partial charge in [-0.25, -0.2) is 0 Å². The number of rotatable bonds is 7. The standard InChI is InChI=1S/C23H27Cl2N3O2/c1-3-15(2)21(27-22(29)19-13-16(24)9-10-20(19)25)23(30)26-17-7-6-8-18(14-17)28-11-4-5-12-28/h6-10,13-15,21H,3-5,11-12H2,1-2H3,(H,26,30)(H,27,29)/t15-,21+/m0/s1. The SMILES string of the molecule is CC[C@H](C)[C@@H](NC(=O)c1cc(Cl)ccc1Cl)C(=O)Nc1cccc(N2CCCC2)c1. The van der Waals surface area contributed by atoms with Crippen molar-refractivity contribution in [3.05, 3.63) is 58.1 Å². The molecular formula is C23H27Cl2N3O2. The summed E-state index contributed by atoms with van der Waals surface area (Å²) in [6.07, 6.45) is 3.10. The molecule has 0 aliphatic carbocycles. The number of carbonyl (C=O) groups is 2. The van der Waals surface area contributed by atoms with Gasteiger partial charge in [0.25, 0.3) is 5.91 Å². The highest BCUT2D eigenvalue weighted by molar-refractivity contribution is 6.35. The molecule has 3 rings (SSSR count). The Balaban J connectivity index is 1.75. The summed E-state index contributed by atoms with van der Waals surface area (Å²) >= 11 is 12.2. The lowest BCUT2D eigenvalue weighted by Gasteiger charge is -2.24. The fourth-order valence-corrected chi connectivity index (χ4v) is 3.94. The van der Waals surface area contributed by atoms with E-state index in [1.54, 1.807) is 12.1 Å². The lowest BCUT2D eigenvalue weighted by Crippen LogP contribution is -2.47. The van der Waals surface area contributed by atoms with E-state index in [0.717, 1.165) is 25.2 Å². The molecule has 0 unspecified atom stereocenters. The molecule has 0 aromatic heterocycles. The van der Waals surface area contributed by atoms with Gasteiger partial charge in [0, 0.05) is 29.5 Å². The highest BCUT2D eigenvalue weighted by Gasteiger charge is 2.27. The Labute approximate surface area is 187 Å². The fraction of sp³-hybridized carbons (Fsp3) is 0.391. The van der Waals surface area contributed by atoms with E-state index >= 15 is 0 Å². The molecule has 7 heteroatoms. The van der Waals surface area contributed by atoms with Crippen molar-refractivity contribution >= 4 is 46.4 Å². The normalized spacial score (nSPS) is 15.5. The van der Waals surface area contributed by atoms with E-state index < -0.39 is 11.9 Å². The van der Waals surface area contributed by atoms with Gasteiger partial charge in [-0.05, 0) is 55.2 Å². The van der Waals surface area contributed by atoms with Crippen molar-refractivity contribution < 1.29 is 9.59 Å². The molecule has 1 saturated heterocycles. The minimum absolute atomic E-state index is 0.0614. The first kappa shape index (κ1) is 22.4. The number of benzene rings is 2. The topological polar surface area (TPSA) is 61.4 Å². The maximum absolute atomic E-state index is 13.1. The number of nitrogens with zero attached hydrogens (tertiary/aromatic N) is 1. The van der Waals surface area contributed by atoms with Crippen LogP contribution in [0.15, 0.2) is 42.5 Å². The lowest BCUT2D eigenvalue weighted by atomic mass is 9.97. The Morgan fingerprint density at radius 3 is 2.53 bits per heavy atom. The van der Waals surface area contributed by atoms with Crippen molar-refractivity contribution in [1.82, 2.24) is 5.32 Å². The molecule has 2 amide bonds. The molecule has 2 atom stereocenters. The lowest BCUT2D eigenvalue weighted by molar-refractivity contribution is -0.119. The van der Waals surface area contributed by atoms with E-state index in [4.69, 9.17) is 23.2 Å². The van der Waals surface area contributed by atoms with Gasteiger partial charge in [-0.2, -0.15) is 0 Å². The van der Waals surface area contributed by atoms with Crippen LogP contribution in [0.1, 0.15) is 43.5 Å². The van der Waals surface area contributed by atoms with Gasteiger partial charge in [-0.15, -0.1) is 0 Å². The molecule has 1 heterocycles. The first-order valence-corrected chi connectivity index (χ1v) is 11.1. The third-order valence-corrected chi connectivity index (χ3v) is 6.10. The molecule has 2 aromatic carbocycles. The molecule has 0 bridgehead atoms. The van der Waals surface area contributed by atoms with Crippen molar-refractivity contribution in [2.24, 2.45) is 5.92 Å². The van der Waals surface area contributed by atoms with Gasteiger partial charge >= 0.3 is 0 Å². The minimum Gasteiger partial charge on any atom is -0.371 e. The molecule has 160 valence electrons. The molecule has 30 heavy (non-hydrogen) atoms. The number of carbonyl (C=O) groups excluding carboxylic acids is 2. The van der Waals surface area contributed by atoms with E-state index in [2.05, 4.69) is 21.6 Å². The Morgan fingerprint density at radius 2 is 1.83 bits per heavy atom. The Hall–Kier alpha value is -2.24. The minimum atomic E-state index is -0.701. The molecule has 2 N–H and O–H groups in total. The molecule has 0 spiro atoms. The highest BCUT2D eigenvalue weighted by Crippen LogP contribution is 2.24. The van der Waals surface area contributed by atoms with Crippen LogP contribution in [0.3, 0.4) is 0 Å². The van der Waals surface area contributed by atoms with E-state index in [9.17, 15) is 9.59 Å². The van der Waals surface area contributed by atoms with Crippen LogP contribution in [0.5, 0.6) is 0 Å². The van der Waals surface area contributed by atoms with Crippen LogP contribution >= 0.6 is 23.2 Å². The summed E-state index contributed by atoms with van der Waals surface area (Å²) < 4.78 is 0. The molecule has 0 saturated carbocycles. The first-order chi connectivity index (χ1) is 14.4. The first-order valence-electron chi connectivity index (χ1n) is 10.3. The number of halogens is 2. The van der Waals surface area contributed by atoms with Crippen molar-refractivity contribution in [3.63, 3.8) is 0 Å². The summed E-state index contributed by atoms with van der Waals surface area (Å²) in [4.78, 5) is 28.2. The molecule has 0 radical (unpaired) electrons. The summed E-state index contributed by atoms with van der Waals surface area (Å²) in [5.41, 5.74) is 2.06. The van der Waals surface area contributed by atoms with Crippen molar-refractivity contribution in [1.29, 1.82) is 0 Å². The third kappa shape index (κ3) is 5.46. The molecule has 5 nitrogen and oxygen atoms in total. The van der Waals surface area contributed by atoms with E-state index in [1.807, 2.05) is 32.0 Å². The van der Waals surface area contributed by atoms with Gasteiger partial charge in [0.1, 0.15) is 6.04 Å². The molecular weight excluding hydrogens is 421 g/mol. The van der Waals surface area contributed by atoms with Gasteiger partial charge in [0.05, 0.1) is 10.6 Å². The zero-order valence-electron chi connectivity index (χ0n) is 17.3. The molecule has 1 aliphatic rings. The van der Waals surface area contributed by atoms with Crippen LogP contribution < -0.4 is 15.5 Å². The summed E-state index contributed by atoms with van der Waals surface area (Å²) in [5.74, 6) is -0.739. The molecule has 2 aromatic rings. The number of nitrogens with one attached hydrogen (secondary N) is 2. The average molecular weight is 448 g/mol. The largest absolute Gasteiger partial charge is 0.371 e. The second-order valence-electron chi connectivity index (χ2n) is 7.69. The van der Waals surface area contributed by atoms with E-state index in [-0.39, 0.29) is 17.4 Å². The zero-order chi connectivity index (χ0) is 21.7. The predicted octanol–water partition coefficient (Wildman–Crippen LogP) is 5.38. The van der Waals surface area contributed by atoms with Crippen LogP contribution in [-0.4, -0.2) is 30.9 Å². The third-order valence-electron chi connectivity index (χ3n) is 5.54. The van der Waals surface area contributed by atoms with Gasteiger partial charge in [0.2, 0.25) is 5.91 Å². The summed E-state index contributed by atoms with van der Waals surface area (Å²) in [6.45, 7) is 5.98. The van der Waals surface area contributed by atoms with E-state index in [1.165, 1.54) is 18.9 Å². The second kappa shape index (κ2) is 10.2. The smallest absolute Gasteiger partial charge is 0.253 e. The quantitative estimate of drug-likeness (QED) is 0.598. The number of hydrogen-bond donors (Lipinski definition) is 2. The predicted molar refractivity (Wildman–Crippen MR) is 124 cm³/mol. The average Bonchev–Trinajstić information content (AvgIpc) is 3.28. The van der Waals surface area contributed by atoms with Crippen LogP contribution in [0.4, 0.5) is 11.4 Å². The van der Waals surface area contributed by atoms with Gasteiger partial charge in [-0.1, -0.05) is 49.5 Å². The number of anilines is 2. The maximum Gasteiger partial charge on any atom is 0.253 e. The van der Waals surface area contributed by atoms with Crippen LogP contribution in [-0.2, 0) is 4.79 Å². The summed E-state index contributed by atoms with van der Waals surface area (Å²) in [6, 6.07) is 11.8. The van der Waals surface area contributed by atoms with Crippen LogP contribution in [0, 0.1) is 5.92 Å². The zero-order valence-corrected chi connectivity index (χ0v) is 18.8. The van der Waals surface area contributed by atoms with Gasteiger partial charge < -0.3 is 15.5 Å².